The maximum Gasteiger partial charge on any atom is 0.0260 e. The summed E-state index contributed by atoms with van der Waals surface area (Å²) in [5, 5.41) is 0. The molecule has 0 spiro atoms. The van der Waals surface area contributed by atoms with Crippen molar-refractivity contribution in [3.8, 4) is 22.3 Å². The van der Waals surface area contributed by atoms with Gasteiger partial charge in [0.05, 0.1) is 0 Å². The standard InChI is InChI=1S/C30H33N/c1-20-7-10-23(4)26(15-20)13-14-31-18-29(27-16-21(2)8-11-24(27)5)30(19-31)28-17-22(3)9-12-25(28)6/h7-12,15-19H,13-14H2,1-6H3. The Hall–Kier alpha value is -3.06. The second-order valence-electron chi connectivity index (χ2n) is 9.14. The van der Waals surface area contributed by atoms with Gasteiger partial charge in [-0.15, -0.1) is 0 Å². The van der Waals surface area contributed by atoms with E-state index in [4.69, 9.17) is 0 Å². The number of hydrogen-bond donors (Lipinski definition) is 0. The van der Waals surface area contributed by atoms with Gasteiger partial charge in [-0.25, -0.2) is 0 Å². The molecule has 4 rings (SSSR count). The maximum atomic E-state index is 2.38. The summed E-state index contributed by atoms with van der Waals surface area (Å²) < 4.78 is 2.38. The Balaban J connectivity index is 1.79. The lowest BCUT2D eigenvalue weighted by atomic mass is 9.92. The SMILES string of the molecule is Cc1ccc(C)c(CCn2cc(-c3cc(C)ccc3C)c(-c3cc(C)ccc3C)c2)c1. The van der Waals surface area contributed by atoms with Crippen molar-refractivity contribution in [2.45, 2.75) is 54.5 Å². The highest BCUT2D eigenvalue weighted by atomic mass is 14.9. The highest BCUT2D eigenvalue weighted by molar-refractivity contribution is 5.86. The van der Waals surface area contributed by atoms with Crippen molar-refractivity contribution < 1.29 is 0 Å². The second-order valence-corrected chi connectivity index (χ2v) is 9.14. The summed E-state index contributed by atoms with van der Waals surface area (Å²) in [6.45, 7) is 14.2. The fraction of sp³-hybridized carbons (Fsp3) is 0.267. The minimum Gasteiger partial charge on any atom is -0.353 e. The van der Waals surface area contributed by atoms with E-state index in [0.717, 1.165) is 13.0 Å². The molecule has 0 N–H and O–H groups in total. The molecule has 0 aliphatic carbocycles. The normalized spacial score (nSPS) is 11.2. The van der Waals surface area contributed by atoms with E-state index in [-0.39, 0.29) is 0 Å². The number of aromatic nitrogens is 1. The molecule has 4 aromatic rings. The van der Waals surface area contributed by atoms with E-state index in [0.29, 0.717) is 0 Å². The van der Waals surface area contributed by atoms with Gasteiger partial charge in [0.15, 0.2) is 0 Å². The molecule has 0 unspecified atom stereocenters. The first-order valence-corrected chi connectivity index (χ1v) is 11.2. The van der Waals surface area contributed by atoms with Crippen LogP contribution in [0.1, 0.15) is 38.9 Å². The van der Waals surface area contributed by atoms with Crippen LogP contribution in [-0.4, -0.2) is 4.57 Å². The van der Waals surface area contributed by atoms with Crippen LogP contribution in [0.4, 0.5) is 0 Å². The highest BCUT2D eigenvalue weighted by Gasteiger charge is 2.15. The number of aryl methyl sites for hydroxylation is 8. The molecule has 0 bridgehead atoms. The average molecular weight is 408 g/mol. The van der Waals surface area contributed by atoms with Crippen LogP contribution in [0.25, 0.3) is 22.3 Å². The quantitative estimate of drug-likeness (QED) is 0.317. The Morgan fingerprint density at radius 1 is 0.516 bits per heavy atom. The zero-order valence-electron chi connectivity index (χ0n) is 19.7. The number of rotatable bonds is 5. The summed E-state index contributed by atoms with van der Waals surface area (Å²) in [5.41, 5.74) is 14.7. The monoisotopic (exact) mass is 407 g/mol. The molecule has 0 aliphatic heterocycles. The van der Waals surface area contributed by atoms with E-state index >= 15 is 0 Å². The first kappa shape index (κ1) is 21.2. The van der Waals surface area contributed by atoms with Crippen LogP contribution in [-0.2, 0) is 13.0 Å². The van der Waals surface area contributed by atoms with E-state index in [1.165, 1.54) is 61.2 Å². The molecule has 31 heavy (non-hydrogen) atoms. The van der Waals surface area contributed by atoms with Crippen molar-refractivity contribution in [2.24, 2.45) is 0 Å². The highest BCUT2D eigenvalue weighted by Crippen LogP contribution is 2.37. The van der Waals surface area contributed by atoms with Gasteiger partial charge in [-0.05, 0) is 81.3 Å². The smallest absolute Gasteiger partial charge is 0.0260 e. The summed E-state index contributed by atoms with van der Waals surface area (Å²) in [4.78, 5) is 0. The lowest BCUT2D eigenvalue weighted by molar-refractivity contribution is 0.699. The average Bonchev–Trinajstić information content (AvgIpc) is 3.16. The molecule has 0 radical (unpaired) electrons. The minimum atomic E-state index is 0.979. The van der Waals surface area contributed by atoms with Gasteiger partial charge >= 0.3 is 0 Å². The van der Waals surface area contributed by atoms with E-state index in [1.54, 1.807) is 0 Å². The first-order valence-electron chi connectivity index (χ1n) is 11.2. The maximum absolute atomic E-state index is 2.38. The Labute approximate surface area is 187 Å². The fourth-order valence-corrected chi connectivity index (χ4v) is 4.44. The summed E-state index contributed by atoms with van der Waals surface area (Å²) in [6, 6.07) is 20.3. The summed E-state index contributed by atoms with van der Waals surface area (Å²) in [6.07, 6.45) is 5.74. The molecule has 1 heterocycles. The van der Waals surface area contributed by atoms with Crippen LogP contribution in [0.15, 0.2) is 67.0 Å². The largest absolute Gasteiger partial charge is 0.353 e. The zero-order chi connectivity index (χ0) is 22.1. The van der Waals surface area contributed by atoms with Gasteiger partial charge in [-0.1, -0.05) is 71.3 Å². The molecule has 158 valence electrons. The molecule has 1 nitrogen and oxygen atoms in total. The third-order valence-corrected chi connectivity index (χ3v) is 6.39. The molecular formula is C30H33N. The van der Waals surface area contributed by atoms with E-state index in [9.17, 15) is 0 Å². The number of benzene rings is 3. The third-order valence-electron chi connectivity index (χ3n) is 6.39. The summed E-state index contributed by atoms with van der Waals surface area (Å²) in [5.74, 6) is 0. The molecule has 1 aromatic heterocycles. The van der Waals surface area contributed by atoms with Crippen LogP contribution in [0.3, 0.4) is 0 Å². The van der Waals surface area contributed by atoms with E-state index in [2.05, 4.69) is 113 Å². The molecule has 0 aliphatic rings. The van der Waals surface area contributed by atoms with Crippen molar-refractivity contribution in [3.05, 3.63) is 106 Å². The van der Waals surface area contributed by atoms with Gasteiger partial charge in [0, 0.05) is 30.1 Å². The second kappa shape index (κ2) is 8.59. The lowest BCUT2D eigenvalue weighted by Gasteiger charge is -2.11. The Morgan fingerprint density at radius 3 is 1.48 bits per heavy atom. The Morgan fingerprint density at radius 2 is 0.968 bits per heavy atom. The van der Waals surface area contributed by atoms with E-state index in [1.807, 2.05) is 0 Å². The molecule has 1 heteroatoms. The summed E-state index contributed by atoms with van der Waals surface area (Å²) >= 11 is 0. The molecule has 0 amide bonds. The van der Waals surface area contributed by atoms with Gasteiger partial charge in [-0.2, -0.15) is 0 Å². The topological polar surface area (TPSA) is 4.93 Å². The van der Waals surface area contributed by atoms with Crippen LogP contribution in [0, 0.1) is 41.5 Å². The van der Waals surface area contributed by atoms with Crippen molar-refractivity contribution >= 4 is 0 Å². The zero-order valence-corrected chi connectivity index (χ0v) is 19.7. The molecule has 3 aromatic carbocycles. The van der Waals surface area contributed by atoms with Gasteiger partial charge in [0.2, 0.25) is 0 Å². The van der Waals surface area contributed by atoms with Gasteiger partial charge in [0.25, 0.3) is 0 Å². The molecule has 0 saturated carbocycles. The summed E-state index contributed by atoms with van der Waals surface area (Å²) in [7, 11) is 0. The van der Waals surface area contributed by atoms with Crippen LogP contribution in [0.2, 0.25) is 0 Å². The van der Waals surface area contributed by atoms with Gasteiger partial charge in [0.1, 0.15) is 0 Å². The van der Waals surface area contributed by atoms with Crippen molar-refractivity contribution in [3.63, 3.8) is 0 Å². The van der Waals surface area contributed by atoms with Crippen LogP contribution >= 0.6 is 0 Å². The van der Waals surface area contributed by atoms with E-state index < -0.39 is 0 Å². The first-order chi connectivity index (χ1) is 14.8. The number of nitrogens with zero attached hydrogens (tertiary/aromatic N) is 1. The molecule has 0 saturated heterocycles. The predicted octanol–water partition coefficient (Wildman–Crippen LogP) is 7.92. The van der Waals surface area contributed by atoms with Gasteiger partial charge in [-0.3, -0.25) is 0 Å². The van der Waals surface area contributed by atoms with Crippen molar-refractivity contribution in [2.75, 3.05) is 0 Å². The number of hydrogen-bond acceptors (Lipinski definition) is 0. The Bertz CT molecular complexity index is 1170. The fourth-order valence-electron chi connectivity index (χ4n) is 4.44. The van der Waals surface area contributed by atoms with Crippen LogP contribution in [0.5, 0.6) is 0 Å². The molecule has 0 fully saturated rings. The van der Waals surface area contributed by atoms with Crippen LogP contribution < -0.4 is 0 Å². The molecular weight excluding hydrogens is 374 g/mol. The third kappa shape index (κ3) is 4.51. The van der Waals surface area contributed by atoms with Crippen molar-refractivity contribution in [1.82, 2.24) is 4.57 Å². The minimum absolute atomic E-state index is 0.979. The molecule has 0 atom stereocenters. The van der Waals surface area contributed by atoms with Crippen molar-refractivity contribution in [1.29, 1.82) is 0 Å². The lowest BCUT2D eigenvalue weighted by Crippen LogP contribution is -2.00. The Kier molecular flexibility index (Phi) is 5.87. The predicted molar refractivity (Wildman–Crippen MR) is 134 cm³/mol. The van der Waals surface area contributed by atoms with Gasteiger partial charge < -0.3 is 4.57 Å².